The number of ether oxygens (including phenoxy) is 1. The molecule has 0 heterocycles. The van der Waals surface area contributed by atoms with Crippen molar-refractivity contribution in [3.05, 3.63) is 0 Å². The SMILES string of the molecule is COC(=O)[C@@H](NC(=O)[C@@H](C)C(C)C)C(C)(C)C. The van der Waals surface area contributed by atoms with Crippen molar-refractivity contribution in [1.29, 1.82) is 0 Å². The van der Waals surface area contributed by atoms with E-state index in [0.717, 1.165) is 0 Å². The molecule has 1 amide bonds. The van der Waals surface area contributed by atoms with Gasteiger partial charge in [0.2, 0.25) is 5.91 Å². The van der Waals surface area contributed by atoms with Gasteiger partial charge in [-0.2, -0.15) is 0 Å². The summed E-state index contributed by atoms with van der Waals surface area (Å²) >= 11 is 0. The maximum atomic E-state index is 11.9. The number of rotatable bonds is 4. The molecule has 17 heavy (non-hydrogen) atoms. The topological polar surface area (TPSA) is 55.4 Å². The highest BCUT2D eigenvalue weighted by Gasteiger charge is 2.34. The minimum absolute atomic E-state index is 0.106. The van der Waals surface area contributed by atoms with Crippen molar-refractivity contribution in [1.82, 2.24) is 5.32 Å². The van der Waals surface area contributed by atoms with E-state index in [2.05, 4.69) is 5.32 Å². The molecule has 4 nitrogen and oxygen atoms in total. The van der Waals surface area contributed by atoms with Crippen molar-refractivity contribution >= 4 is 11.9 Å². The van der Waals surface area contributed by atoms with Crippen LogP contribution < -0.4 is 5.32 Å². The first kappa shape index (κ1) is 15.9. The molecule has 0 spiro atoms. The fourth-order valence-corrected chi connectivity index (χ4v) is 1.32. The third-order valence-electron chi connectivity index (χ3n) is 3.00. The zero-order valence-corrected chi connectivity index (χ0v) is 12.0. The molecule has 0 aliphatic rings. The predicted molar refractivity (Wildman–Crippen MR) is 67.4 cm³/mol. The van der Waals surface area contributed by atoms with Crippen molar-refractivity contribution in [3.8, 4) is 0 Å². The van der Waals surface area contributed by atoms with Crippen molar-refractivity contribution < 1.29 is 14.3 Å². The molecule has 1 N–H and O–H groups in total. The molecule has 0 aliphatic carbocycles. The van der Waals surface area contributed by atoms with Crippen LogP contribution in [0.2, 0.25) is 0 Å². The molecule has 0 aromatic carbocycles. The Kier molecular flexibility index (Phi) is 5.66. The van der Waals surface area contributed by atoms with Crippen molar-refractivity contribution in [3.63, 3.8) is 0 Å². The van der Waals surface area contributed by atoms with Gasteiger partial charge in [-0.3, -0.25) is 4.79 Å². The third-order valence-corrected chi connectivity index (χ3v) is 3.00. The molecule has 0 rings (SSSR count). The smallest absolute Gasteiger partial charge is 0.328 e. The zero-order valence-electron chi connectivity index (χ0n) is 12.0. The van der Waals surface area contributed by atoms with E-state index in [1.54, 1.807) is 0 Å². The molecule has 2 atom stereocenters. The summed E-state index contributed by atoms with van der Waals surface area (Å²) in [5, 5.41) is 2.78. The summed E-state index contributed by atoms with van der Waals surface area (Å²) < 4.78 is 4.73. The van der Waals surface area contributed by atoms with Gasteiger partial charge < -0.3 is 10.1 Å². The Morgan fingerprint density at radius 2 is 1.59 bits per heavy atom. The average Bonchev–Trinajstić information content (AvgIpc) is 2.21. The standard InChI is InChI=1S/C13H25NO3/c1-8(2)9(3)11(15)14-10(12(16)17-7)13(4,5)6/h8-10H,1-7H3,(H,14,15)/t9-,10+/m0/s1. The summed E-state index contributed by atoms with van der Waals surface area (Å²) in [7, 11) is 1.33. The minimum Gasteiger partial charge on any atom is -0.467 e. The van der Waals surface area contributed by atoms with E-state index in [9.17, 15) is 9.59 Å². The fourth-order valence-electron chi connectivity index (χ4n) is 1.32. The molecule has 0 bridgehead atoms. The second kappa shape index (κ2) is 6.03. The third kappa shape index (κ3) is 4.75. The second-order valence-corrected chi connectivity index (χ2v) is 5.86. The lowest BCUT2D eigenvalue weighted by molar-refractivity contribution is -0.148. The van der Waals surface area contributed by atoms with Crippen LogP contribution in [0, 0.1) is 17.3 Å². The van der Waals surface area contributed by atoms with E-state index < -0.39 is 12.0 Å². The number of hydrogen-bond acceptors (Lipinski definition) is 3. The van der Waals surface area contributed by atoms with Gasteiger partial charge in [-0.1, -0.05) is 41.5 Å². The van der Waals surface area contributed by atoms with Gasteiger partial charge in [0.15, 0.2) is 0 Å². The van der Waals surface area contributed by atoms with Crippen LogP contribution in [0.15, 0.2) is 0 Å². The van der Waals surface area contributed by atoms with Gasteiger partial charge in [-0.15, -0.1) is 0 Å². The molecule has 0 aliphatic heterocycles. The van der Waals surface area contributed by atoms with Gasteiger partial charge in [0.05, 0.1) is 7.11 Å². The van der Waals surface area contributed by atoms with Crippen LogP contribution in [0.3, 0.4) is 0 Å². The van der Waals surface area contributed by atoms with Crippen LogP contribution in [0.1, 0.15) is 41.5 Å². The Bertz CT molecular complexity index is 279. The predicted octanol–water partition coefficient (Wildman–Crippen LogP) is 1.98. The Labute approximate surface area is 104 Å². The van der Waals surface area contributed by atoms with E-state index in [0.29, 0.717) is 0 Å². The van der Waals surface area contributed by atoms with Crippen LogP contribution in [0.5, 0.6) is 0 Å². The van der Waals surface area contributed by atoms with Gasteiger partial charge in [-0.05, 0) is 11.3 Å². The molecule has 0 aromatic heterocycles. The first-order valence-electron chi connectivity index (χ1n) is 5.99. The van der Waals surface area contributed by atoms with E-state index in [-0.39, 0.29) is 23.2 Å². The number of nitrogens with one attached hydrogen (secondary N) is 1. The molecule has 4 heteroatoms. The number of methoxy groups -OCH3 is 1. The normalized spacial score (nSPS) is 15.3. The van der Waals surface area contributed by atoms with Gasteiger partial charge >= 0.3 is 5.97 Å². The Morgan fingerprint density at radius 1 is 1.12 bits per heavy atom. The lowest BCUT2D eigenvalue weighted by atomic mass is 9.86. The maximum Gasteiger partial charge on any atom is 0.328 e. The van der Waals surface area contributed by atoms with Crippen LogP contribution in [-0.2, 0) is 14.3 Å². The molecule has 0 saturated heterocycles. The van der Waals surface area contributed by atoms with Gasteiger partial charge in [0.1, 0.15) is 6.04 Å². The summed E-state index contributed by atoms with van der Waals surface area (Å²) in [6, 6.07) is -0.610. The first-order chi connectivity index (χ1) is 7.61. The molecular formula is C13H25NO3. The highest BCUT2D eigenvalue weighted by Crippen LogP contribution is 2.21. The minimum atomic E-state index is -0.610. The average molecular weight is 243 g/mol. The Morgan fingerprint density at radius 3 is 1.88 bits per heavy atom. The molecule has 100 valence electrons. The van der Waals surface area contributed by atoms with Gasteiger partial charge in [-0.25, -0.2) is 4.79 Å². The monoisotopic (exact) mass is 243 g/mol. The molecule has 0 saturated carbocycles. The number of carbonyl (C=O) groups is 2. The Balaban J connectivity index is 4.78. The van der Waals surface area contributed by atoms with Crippen LogP contribution >= 0.6 is 0 Å². The summed E-state index contributed by atoms with van der Waals surface area (Å²) in [6.45, 7) is 11.5. The van der Waals surface area contributed by atoms with Gasteiger partial charge in [0, 0.05) is 5.92 Å². The van der Waals surface area contributed by atoms with Crippen molar-refractivity contribution in [2.75, 3.05) is 7.11 Å². The summed E-state index contributed by atoms with van der Waals surface area (Å²) in [4.78, 5) is 23.6. The quantitative estimate of drug-likeness (QED) is 0.768. The number of hydrogen-bond donors (Lipinski definition) is 1. The highest BCUT2D eigenvalue weighted by molar-refractivity contribution is 5.86. The molecule has 0 unspecified atom stereocenters. The van der Waals surface area contributed by atoms with E-state index >= 15 is 0 Å². The van der Waals surface area contributed by atoms with Crippen molar-refractivity contribution in [2.45, 2.75) is 47.6 Å². The number of amides is 1. The van der Waals surface area contributed by atoms with Crippen LogP contribution in [0.25, 0.3) is 0 Å². The van der Waals surface area contributed by atoms with Gasteiger partial charge in [0.25, 0.3) is 0 Å². The molecule has 0 radical (unpaired) electrons. The van der Waals surface area contributed by atoms with E-state index in [4.69, 9.17) is 4.74 Å². The molecular weight excluding hydrogens is 218 g/mol. The first-order valence-corrected chi connectivity index (χ1v) is 5.99. The number of carbonyl (C=O) groups excluding carboxylic acids is 2. The highest BCUT2D eigenvalue weighted by atomic mass is 16.5. The largest absolute Gasteiger partial charge is 0.467 e. The maximum absolute atomic E-state index is 11.9. The van der Waals surface area contributed by atoms with Crippen molar-refractivity contribution in [2.24, 2.45) is 17.3 Å². The summed E-state index contributed by atoms with van der Waals surface area (Å²) in [5.74, 6) is -0.384. The summed E-state index contributed by atoms with van der Waals surface area (Å²) in [5.41, 5.74) is -0.362. The molecule has 0 aromatic rings. The van der Waals surface area contributed by atoms with E-state index in [1.807, 2.05) is 41.5 Å². The van der Waals surface area contributed by atoms with Crippen LogP contribution in [-0.4, -0.2) is 25.0 Å². The fraction of sp³-hybridized carbons (Fsp3) is 0.846. The lowest BCUT2D eigenvalue weighted by Crippen LogP contribution is -2.51. The zero-order chi connectivity index (χ0) is 13.8. The Hall–Kier alpha value is -1.06. The lowest BCUT2D eigenvalue weighted by Gasteiger charge is -2.30. The number of esters is 1. The van der Waals surface area contributed by atoms with E-state index in [1.165, 1.54) is 7.11 Å². The second-order valence-electron chi connectivity index (χ2n) is 5.86. The molecule has 0 fully saturated rings. The summed E-state index contributed by atoms with van der Waals surface area (Å²) in [6.07, 6.45) is 0. The van der Waals surface area contributed by atoms with Crippen LogP contribution in [0.4, 0.5) is 0 Å².